The first-order valence-electron chi connectivity index (χ1n) is 8.95. The highest BCUT2D eigenvalue weighted by Gasteiger charge is 2.28. The fourth-order valence-electron chi connectivity index (χ4n) is 2.97. The maximum atomic E-state index is 12.4. The van der Waals surface area contributed by atoms with Crippen LogP contribution < -0.4 is 10.6 Å². The van der Waals surface area contributed by atoms with Crippen molar-refractivity contribution in [3.8, 4) is 0 Å². The zero-order valence-electron chi connectivity index (χ0n) is 14.8. The van der Waals surface area contributed by atoms with Gasteiger partial charge in [-0.15, -0.1) is 0 Å². The van der Waals surface area contributed by atoms with Crippen molar-refractivity contribution in [1.82, 2.24) is 10.2 Å². The molecule has 0 radical (unpaired) electrons. The summed E-state index contributed by atoms with van der Waals surface area (Å²) in [5.74, 6) is 0.643. The number of nitrogens with zero attached hydrogens (tertiary/aromatic N) is 1. The number of carbonyl (C=O) groups excluding carboxylic acids is 2. The number of carbonyl (C=O) groups is 2. The molecule has 1 aromatic carbocycles. The number of nitrogens with one attached hydrogen (secondary N) is 2. The van der Waals surface area contributed by atoms with Gasteiger partial charge in [-0.2, -0.15) is 0 Å². The molecule has 0 bridgehead atoms. The van der Waals surface area contributed by atoms with Gasteiger partial charge in [-0.3, -0.25) is 4.79 Å². The molecule has 1 heterocycles. The molecule has 2 rings (SSSR count). The van der Waals surface area contributed by atoms with E-state index in [0.717, 1.165) is 37.9 Å². The normalized spacial score (nSPS) is 17.6. The minimum Gasteiger partial charge on any atom is -0.356 e. The first kappa shape index (κ1) is 18.3. The Balaban J connectivity index is 1.78. The van der Waals surface area contributed by atoms with Crippen molar-refractivity contribution < 1.29 is 9.59 Å². The lowest BCUT2D eigenvalue weighted by Crippen LogP contribution is -2.47. The number of rotatable bonds is 6. The lowest BCUT2D eigenvalue weighted by Gasteiger charge is -2.32. The van der Waals surface area contributed by atoms with Gasteiger partial charge in [-0.1, -0.05) is 32.0 Å². The Hall–Kier alpha value is -2.04. The number of anilines is 1. The predicted octanol–water partition coefficient (Wildman–Crippen LogP) is 3.48. The molecule has 0 saturated carbocycles. The van der Waals surface area contributed by atoms with Crippen molar-refractivity contribution in [1.29, 1.82) is 0 Å². The second-order valence-corrected chi connectivity index (χ2v) is 6.91. The van der Waals surface area contributed by atoms with Crippen LogP contribution in [0.1, 0.15) is 39.5 Å². The Kier molecular flexibility index (Phi) is 7.09. The summed E-state index contributed by atoms with van der Waals surface area (Å²) in [6.07, 6.45) is 3.85. The van der Waals surface area contributed by atoms with E-state index in [2.05, 4.69) is 24.5 Å². The molecule has 2 N–H and O–H groups in total. The van der Waals surface area contributed by atoms with E-state index in [1.165, 1.54) is 0 Å². The number of likely N-dealkylation sites (tertiary alicyclic amines) is 1. The maximum Gasteiger partial charge on any atom is 0.321 e. The molecule has 1 aliphatic heterocycles. The van der Waals surface area contributed by atoms with Gasteiger partial charge in [0, 0.05) is 25.3 Å². The van der Waals surface area contributed by atoms with E-state index in [4.69, 9.17) is 0 Å². The molecule has 1 aliphatic rings. The number of benzene rings is 1. The van der Waals surface area contributed by atoms with E-state index in [1.54, 1.807) is 4.90 Å². The second-order valence-electron chi connectivity index (χ2n) is 6.91. The third-order valence-corrected chi connectivity index (χ3v) is 4.36. The monoisotopic (exact) mass is 331 g/mol. The Morgan fingerprint density at radius 2 is 2.00 bits per heavy atom. The average molecular weight is 331 g/mol. The van der Waals surface area contributed by atoms with Gasteiger partial charge in [0.05, 0.1) is 5.92 Å². The molecule has 1 saturated heterocycles. The minimum atomic E-state index is -0.126. The van der Waals surface area contributed by atoms with Crippen LogP contribution in [0.2, 0.25) is 0 Å². The van der Waals surface area contributed by atoms with Gasteiger partial charge >= 0.3 is 6.03 Å². The first-order valence-corrected chi connectivity index (χ1v) is 8.95. The van der Waals surface area contributed by atoms with Crippen LogP contribution in [-0.2, 0) is 4.79 Å². The number of para-hydroxylation sites is 1. The molecule has 5 nitrogen and oxygen atoms in total. The number of urea groups is 1. The molecule has 0 spiro atoms. The summed E-state index contributed by atoms with van der Waals surface area (Å²) in [4.78, 5) is 26.4. The van der Waals surface area contributed by atoms with Crippen molar-refractivity contribution in [3.05, 3.63) is 30.3 Å². The van der Waals surface area contributed by atoms with Crippen LogP contribution in [0.15, 0.2) is 30.3 Å². The maximum absolute atomic E-state index is 12.4. The molecule has 24 heavy (non-hydrogen) atoms. The highest BCUT2D eigenvalue weighted by Crippen LogP contribution is 2.18. The summed E-state index contributed by atoms with van der Waals surface area (Å²) in [7, 11) is 0. The summed E-state index contributed by atoms with van der Waals surface area (Å²) in [5, 5.41) is 5.91. The second kappa shape index (κ2) is 9.30. The van der Waals surface area contributed by atoms with E-state index in [0.29, 0.717) is 19.0 Å². The lowest BCUT2D eigenvalue weighted by atomic mass is 9.97. The van der Waals surface area contributed by atoms with Gasteiger partial charge in [0.1, 0.15) is 0 Å². The van der Waals surface area contributed by atoms with Crippen LogP contribution in [0.25, 0.3) is 0 Å². The van der Waals surface area contributed by atoms with E-state index < -0.39 is 0 Å². The number of piperidine rings is 1. The summed E-state index contributed by atoms with van der Waals surface area (Å²) >= 11 is 0. The molecule has 1 fully saturated rings. The van der Waals surface area contributed by atoms with E-state index >= 15 is 0 Å². The van der Waals surface area contributed by atoms with Crippen molar-refractivity contribution in [2.45, 2.75) is 39.5 Å². The lowest BCUT2D eigenvalue weighted by molar-refractivity contribution is -0.126. The quantitative estimate of drug-likeness (QED) is 0.784. The van der Waals surface area contributed by atoms with Gasteiger partial charge in [-0.25, -0.2) is 4.79 Å². The van der Waals surface area contributed by atoms with Gasteiger partial charge in [-0.05, 0) is 43.7 Å². The van der Waals surface area contributed by atoms with Crippen molar-refractivity contribution in [2.24, 2.45) is 11.8 Å². The van der Waals surface area contributed by atoms with Crippen LogP contribution >= 0.6 is 0 Å². The van der Waals surface area contributed by atoms with Gasteiger partial charge in [0.2, 0.25) is 5.91 Å². The Labute approximate surface area is 144 Å². The van der Waals surface area contributed by atoms with Crippen LogP contribution in [0.4, 0.5) is 10.5 Å². The summed E-state index contributed by atoms with van der Waals surface area (Å²) in [5.41, 5.74) is 0.780. The molecular weight excluding hydrogens is 302 g/mol. The Morgan fingerprint density at radius 3 is 2.71 bits per heavy atom. The number of hydrogen-bond acceptors (Lipinski definition) is 2. The van der Waals surface area contributed by atoms with Gasteiger partial charge in [0.25, 0.3) is 0 Å². The number of amides is 3. The van der Waals surface area contributed by atoms with Gasteiger partial charge < -0.3 is 15.5 Å². The first-order chi connectivity index (χ1) is 11.6. The molecule has 1 aromatic rings. The molecule has 132 valence electrons. The van der Waals surface area contributed by atoms with Gasteiger partial charge in [0.15, 0.2) is 0 Å². The molecule has 1 unspecified atom stereocenters. The van der Waals surface area contributed by atoms with E-state index in [9.17, 15) is 9.59 Å². The van der Waals surface area contributed by atoms with Crippen LogP contribution in [0, 0.1) is 11.8 Å². The topological polar surface area (TPSA) is 61.4 Å². The molecule has 1 atom stereocenters. The molecular formula is C19H29N3O2. The average Bonchev–Trinajstić information content (AvgIpc) is 2.59. The van der Waals surface area contributed by atoms with Crippen LogP contribution in [0.3, 0.4) is 0 Å². The number of hydrogen-bond donors (Lipinski definition) is 2. The summed E-state index contributed by atoms with van der Waals surface area (Å²) in [6.45, 7) is 6.30. The molecule has 5 heteroatoms. The summed E-state index contributed by atoms with van der Waals surface area (Å²) in [6, 6.07) is 9.29. The predicted molar refractivity (Wildman–Crippen MR) is 96.8 cm³/mol. The van der Waals surface area contributed by atoms with Crippen molar-refractivity contribution in [3.63, 3.8) is 0 Å². The standard InChI is InChI=1S/C19H29N3O2/c1-15(2)8-6-12-20-18(23)16-9-7-13-22(14-16)19(24)21-17-10-4-3-5-11-17/h3-5,10-11,15-16H,6-9,12-14H2,1-2H3,(H,20,23)(H,21,24). The summed E-state index contributed by atoms with van der Waals surface area (Å²) < 4.78 is 0. The largest absolute Gasteiger partial charge is 0.356 e. The Morgan fingerprint density at radius 1 is 1.25 bits per heavy atom. The fourth-order valence-corrected chi connectivity index (χ4v) is 2.97. The third-order valence-electron chi connectivity index (χ3n) is 4.36. The van der Waals surface area contributed by atoms with Crippen LogP contribution in [-0.4, -0.2) is 36.5 Å². The molecule has 0 aliphatic carbocycles. The van der Waals surface area contributed by atoms with Crippen molar-refractivity contribution >= 4 is 17.6 Å². The minimum absolute atomic E-state index is 0.0796. The smallest absolute Gasteiger partial charge is 0.321 e. The van der Waals surface area contributed by atoms with Crippen LogP contribution in [0.5, 0.6) is 0 Å². The highest BCUT2D eigenvalue weighted by molar-refractivity contribution is 5.90. The van der Waals surface area contributed by atoms with E-state index in [-0.39, 0.29) is 17.9 Å². The zero-order chi connectivity index (χ0) is 17.4. The third kappa shape index (κ3) is 5.87. The zero-order valence-corrected chi connectivity index (χ0v) is 14.8. The highest BCUT2D eigenvalue weighted by atomic mass is 16.2. The fraction of sp³-hybridized carbons (Fsp3) is 0.579. The van der Waals surface area contributed by atoms with E-state index in [1.807, 2.05) is 30.3 Å². The Bertz CT molecular complexity index is 531. The molecule has 0 aromatic heterocycles. The SMILES string of the molecule is CC(C)CCCNC(=O)C1CCCN(C(=O)Nc2ccccc2)C1. The molecule has 3 amide bonds. The van der Waals surface area contributed by atoms with Crippen molar-refractivity contribution in [2.75, 3.05) is 25.0 Å².